The number of carbonyl (C=O) groups excluding carboxylic acids is 2. The first-order valence-corrected chi connectivity index (χ1v) is 5.23. The molecule has 1 rings (SSSR count). The first kappa shape index (κ1) is 11.2. The van der Waals surface area contributed by atoms with Crippen LogP contribution in [0.15, 0.2) is 0 Å². The van der Waals surface area contributed by atoms with E-state index < -0.39 is 5.92 Å². The van der Waals surface area contributed by atoms with Crippen molar-refractivity contribution in [1.82, 2.24) is 0 Å². The van der Waals surface area contributed by atoms with Crippen LogP contribution >= 0.6 is 0 Å². The second-order valence-corrected chi connectivity index (χ2v) is 3.97. The van der Waals surface area contributed by atoms with Gasteiger partial charge in [-0.05, 0) is 25.7 Å². The second kappa shape index (κ2) is 4.11. The summed E-state index contributed by atoms with van der Waals surface area (Å²) in [6, 6.07) is 0. The fourth-order valence-electron chi connectivity index (χ4n) is 2.36. The number of Topliss-reactive ketones (excluding diaryl/α,β-unsaturated/α-hetero) is 1. The second-order valence-electron chi connectivity index (χ2n) is 3.97. The molecule has 0 aromatic rings. The molecule has 0 amide bonds. The number of rotatable bonds is 3. The maximum Gasteiger partial charge on any atom is 0.316 e. The minimum absolute atomic E-state index is 0.0920. The van der Waals surface area contributed by atoms with Crippen LogP contribution < -0.4 is 0 Å². The van der Waals surface area contributed by atoms with Gasteiger partial charge in [0.25, 0.3) is 0 Å². The highest BCUT2D eigenvalue weighted by atomic mass is 16.5. The van der Waals surface area contributed by atoms with Gasteiger partial charge in [0.2, 0.25) is 0 Å². The molecule has 0 aliphatic heterocycles. The minimum Gasteiger partial charge on any atom is -0.468 e. The molecule has 0 spiro atoms. The van der Waals surface area contributed by atoms with Gasteiger partial charge in [-0.15, -0.1) is 0 Å². The van der Waals surface area contributed by atoms with Crippen LogP contribution in [-0.2, 0) is 14.3 Å². The van der Waals surface area contributed by atoms with E-state index in [9.17, 15) is 9.59 Å². The third-order valence-electron chi connectivity index (χ3n) is 3.59. The fraction of sp³-hybridized carbons (Fsp3) is 0.818. The Morgan fingerprint density at radius 1 is 1.50 bits per heavy atom. The monoisotopic (exact) mass is 198 g/mol. The Morgan fingerprint density at radius 3 is 2.43 bits per heavy atom. The number of hydrogen-bond donors (Lipinski definition) is 0. The molecule has 0 saturated heterocycles. The van der Waals surface area contributed by atoms with Gasteiger partial charge >= 0.3 is 5.97 Å². The van der Waals surface area contributed by atoms with Crippen molar-refractivity contribution < 1.29 is 14.3 Å². The summed E-state index contributed by atoms with van der Waals surface area (Å²) in [7, 11) is 1.34. The third-order valence-corrected chi connectivity index (χ3v) is 3.59. The van der Waals surface area contributed by atoms with Crippen molar-refractivity contribution in [3.05, 3.63) is 0 Å². The Bertz CT molecular complexity index is 241. The van der Waals surface area contributed by atoms with E-state index in [4.69, 9.17) is 0 Å². The molecular weight excluding hydrogens is 180 g/mol. The molecule has 3 nitrogen and oxygen atoms in total. The van der Waals surface area contributed by atoms with Crippen molar-refractivity contribution in [3.8, 4) is 0 Å². The summed E-state index contributed by atoms with van der Waals surface area (Å²) in [4.78, 5) is 23.3. The highest BCUT2D eigenvalue weighted by Crippen LogP contribution is 2.43. The molecule has 0 heterocycles. The van der Waals surface area contributed by atoms with Crippen molar-refractivity contribution in [3.63, 3.8) is 0 Å². The average Bonchev–Trinajstić information content (AvgIpc) is 2.55. The predicted octanol–water partition coefficient (Wildman–Crippen LogP) is 1.94. The van der Waals surface area contributed by atoms with E-state index in [1.165, 1.54) is 7.11 Å². The average molecular weight is 198 g/mol. The highest BCUT2D eigenvalue weighted by Gasteiger charge is 2.48. The SMILES string of the molecule is CCC1(CC)CCC(C(=O)OC)C1=O. The molecular formula is C11H18O3. The van der Waals surface area contributed by atoms with Crippen molar-refractivity contribution >= 4 is 11.8 Å². The molecule has 1 fully saturated rings. The molecule has 0 N–H and O–H groups in total. The van der Waals surface area contributed by atoms with Crippen LogP contribution in [0.25, 0.3) is 0 Å². The number of carbonyl (C=O) groups is 2. The van der Waals surface area contributed by atoms with Crippen molar-refractivity contribution in [1.29, 1.82) is 0 Å². The fourth-order valence-corrected chi connectivity index (χ4v) is 2.36. The molecule has 1 saturated carbocycles. The standard InChI is InChI=1S/C11H18O3/c1-4-11(5-2)7-6-8(9(11)12)10(13)14-3/h8H,4-7H2,1-3H3. The van der Waals surface area contributed by atoms with Gasteiger partial charge in [0, 0.05) is 5.41 Å². The molecule has 3 heteroatoms. The molecule has 1 atom stereocenters. The van der Waals surface area contributed by atoms with Crippen LogP contribution in [0, 0.1) is 11.3 Å². The van der Waals surface area contributed by atoms with Crippen LogP contribution in [0.2, 0.25) is 0 Å². The van der Waals surface area contributed by atoms with Crippen LogP contribution in [-0.4, -0.2) is 18.9 Å². The lowest BCUT2D eigenvalue weighted by molar-refractivity contribution is -0.149. The zero-order chi connectivity index (χ0) is 10.8. The van der Waals surface area contributed by atoms with Gasteiger partial charge in [-0.1, -0.05) is 13.8 Å². The number of methoxy groups -OCH3 is 1. The first-order chi connectivity index (χ1) is 6.61. The first-order valence-electron chi connectivity index (χ1n) is 5.23. The summed E-state index contributed by atoms with van der Waals surface area (Å²) in [5.41, 5.74) is -0.251. The van der Waals surface area contributed by atoms with Crippen molar-refractivity contribution in [2.24, 2.45) is 11.3 Å². The van der Waals surface area contributed by atoms with Gasteiger partial charge in [0.15, 0.2) is 5.78 Å². The minimum atomic E-state index is -0.500. The van der Waals surface area contributed by atoms with Gasteiger partial charge in [-0.2, -0.15) is 0 Å². The molecule has 1 unspecified atom stereocenters. The van der Waals surface area contributed by atoms with Gasteiger partial charge in [-0.3, -0.25) is 9.59 Å². The van der Waals surface area contributed by atoms with Gasteiger partial charge in [0.05, 0.1) is 7.11 Å². The van der Waals surface area contributed by atoms with E-state index in [0.717, 1.165) is 19.3 Å². The zero-order valence-corrected chi connectivity index (χ0v) is 9.13. The summed E-state index contributed by atoms with van der Waals surface area (Å²) >= 11 is 0. The van der Waals surface area contributed by atoms with Gasteiger partial charge < -0.3 is 4.74 Å². The summed E-state index contributed by atoms with van der Waals surface area (Å²) in [5, 5.41) is 0. The lowest BCUT2D eigenvalue weighted by Crippen LogP contribution is -2.31. The number of ketones is 1. The van der Waals surface area contributed by atoms with E-state index in [1.807, 2.05) is 13.8 Å². The Hall–Kier alpha value is -0.860. The summed E-state index contributed by atoms with van der Waals surface area (Å²) in [5.74, 6) is -0.770. The molecule has 0 aromatic carbocycles. The third kappa shape index (κ3) is 1.56. The maximum absolute atomic E-state index is 12.0. The van der Waals surface area contributed by atoms with E-state index in [1.54, 1.807) is 0 Å². The van der Waals surface area contributed by atoms with Crippen LogP contribution in [0.3, 0.4) is 0 Å². The molecule has 80 valence electrons. The van der Waals surface area contributed by atoms with Gasteiger partial charge in [-0.25, -0.2) is 0 Å². The molecule has 0 bridgehead atoms. The largest absolute Gasteiger partial charge is 0.468 e. The number of ether oxygens (including phenoxy) is 1. The van der Waals surface area contributed by atoms with Crippen molar-refractivity contribution in [2.45, 2.75) is 39.5 Å². The predicted molar refractivity (Wildman–Crippen MR) is 52.8 cm³/mol. The molecule has 14 heavy (non-hydrogen) atoms. The number of esters is 1. The Morgan fingerprint density at radius 2 is 2.07 bits per heavy atom. The maximum atomic E-state index is 12.0. The Kier molecular flexibility index (Phi) is 3.29. The van der Waals surface area contributed by atoms with E-state index >= 15 is 0 Å². The molecule has 0 aromatic heterocycles. The smallest absolute Gasteiger partial charge is 0.316 e. The molecule has 1 aliphatic rings. The molecule has 1 aliphatic carbocycles. The molecule has 0 radical (unpaired) electrons. The van der Waals surface area contributed by atoms with Crippen molar-refractivity contribution in [2.75, 3.05) is 7.11 Å². The van der Waals surface area contributed by atoms with Crippen LogP contribution in [0.1, 0.15) is 39.5 Å². The normalized spacial score (nSPS) is 25.1. The van der Waals surface area contributed by atoms with Crippen LogP contribution in [0.4, 0.5) is 0 Å². The summed E-state index contributed by atoms with van der Waals surface area (Å²) in [6.07, 6.45) is 3.15. The van der Waals surface area contributed by atoms with Gasteiger partial charge in [0.1, 0.15) is 5.92 Å². The summed E-state index contributed by atoms with van der Waals surface area (Å²) in [6.45, 7) is 4.03. The quantitative estimate of drug-likeness (QED) is 0.514. The Labute approximate surface area is 84.8 Å². The summed E-state index contributed by atoms with van der Waals surface area (Å²) < 4.78 is 4.63. The highest BCUT2D eigenvalue weighted by molar-refractivity contribution is 6.03. The van der Waals surface area contributed by atoms with E-state index in [0.29, 0.717) is 6.42 Å². The van der Waals surface area contributed by atoms with Crippen LogP contribution in [0.5, 0.6) is 0 Å². The lowest BCUT2D eigenvalue weighted by Gasteiger charge is -2.23. The Balaban J connectivity index is 2.82. The van der Waals surface area contributed by atoms with E-state index in [2.05, 4.69) is 4.74 Å². The topological polar surface area (TPSA) is 43.4 Å². The number of hydrogen-bond acceptors (Lipinski definition) is 3. The zero-order valence-electron chi connectivity index (χ0n) is 9.13. The van der Waals surface area contributed by atoms with E-state index in [-0.39, 0.29) is 17.2 Å². The lowest BCUT2D eigenvalue weighted by atomic mass is 9.79.